The first kappa shape index (κ1) is 81.8. The number of hydrogen-bond donors (Lipinski definition) is 5. The molecule has 34 nitrogen and oxygen atoms in total. The molecule has 0 saturated carbocycles. The van der Waals surface area contributed by atoms with E-state index in [0.29, 0.717) is 58.7 Å². The second-order valence-electron chi connectivity index (χ2n) is 24.4. The molecule has 0 aromatic carbocycles. The number of carbonyl (C=O) groups excluding carboxylic acids is 10. The summed E-state index contributed by atoms with van der Waals surface area (Å²) in [5, 5.41) is 13.3. The Balaban J connectivity index is 1.35. The Morgan fingerprint density at radius 2 is 1.18 bits per heavy atom. The second kappa shape index (κ2) is 42.2. The predicted molar refractivity (Wildman–Crippen MR) is 341 cm³/mol. The molecule has 4 rings (SSSR count). The maximum atomic E-state index is 13.7. The van der Waals surface area contributed by atoms with Gasteiger partial charge >= 0.3 is 48.5 Å². The number of cyclic esters (lactones) is 4. The molecule has 10 atom stereocenters. The van der Waals surface area contributed by atoms with Crippen molar-refractivity contribution in [1.82, 2.24) is 31.5 Å². The van der Waals surface area contributed by atoms with Crippen molar-refractivity contribution in [2.24, 2.45) is 10.9 Å². The van der Waals surface area contributed by atoms with E-state index in [0.717, 1.165) is 14.2 Å². The summed E-state index contributed by atoms with van der Waals surface area (Å²) in [4.78, 5) is 135. The highest BCUT2D eigenvalue weighted by Gasteiger charge is 2.51. The molecule has 0 aliphatic carbocycles. The summed E-state index contributed by atoms with van der Waals surface area (Å²) in [7, 11) is 2.25. The van der Waals surface area contributed by atoms with Crippen LogP contribution in [0.4, 0.5) is 24.0 Å². The van der Waals surface area contributed by atoms with Gasteiger partial charge in [-0.05, 0) is 79.9 Å². The number of ether oxygens (including phenoxy) is 17. The highest BCUT2D eigenvalue weighted by Crippen LogP contribution is 2.34. The Morgan fingerprint density at radius 3 is 1.74 bits per heavy atom. The fraction of sp³-hybridized carbons (Fsp3) is 0.703. The number of aliphatic imine (C=N–C) groups is 1. The van der Waals surface area contributed by atoms with E-state index in [1.165, 1.54) is 26.0 Å². The van der Waals surface area contributed by atoms with Crippen LogP contribution in [0.2, 0.25) is 0 Å². The third-order valence-electron chi connectivity index (χ3n) is 14.2. The number of amides is 5. The lowest BCUT2D eigenvalue weighted by Gasteiger charge is -2.41. The number of alkyl carbamates (subject to hydrolysis) is 3. The lowest BCUT2D eigenvalue weighted by atomic mass is 9.87. The van der Waals surface area contributed by atoms with Crippen LogP contribution in [-0.2, 0) is 104 Å². The van der Waals surface area contributed by atoms with E-state index in [1.807, 2.05) is 0 Å². The third-order valence-corrected chi connectivity index (χ3v) is 14.2. The molecule has 2 fully saturated rings. The van der Waals surface area contributed by atoms with Gasteiger partial charge < -0.3 is 101 Å². The quantitative estimate of drug-likeness (QED) is 0.0146. The topological polar surface area (TPSA) is 403 Å². The van der Waals surface area contributed by atoms with Gasteiger partial charge in [-0.15, -0.1) is 6.42 Å². The minimum Gasteiger partial charge on any atom is -0.479 e. The molecule has 4 heterocycles. The van der Waals surface area contributed by atoms with Crippen LogP contribution in [0.3, 0.4) is 0 Å². The SMILES string of the molecule is C#CCOCCOCCOCCOCCC(=O)N(CCCCCCNC(=O)O[C@@H]([C@@H]1OC(C(=O)OC)=C[C@H](NC(=C)NC(=O)OC(C)(C)C)[C@H]1NC(C)=O)[C@H]1COC(=O)O1)CCOCCCC(=O)O[C@@H]([C@@H]1OC(C(=O)OC)=C[C@H](N=C(C)NC(=O)OC(C)(C)C)[C@H]1C)[C@H]1COC(=O)O1. The third kappa shape index (κ3) is 30.8. The number of unbranched alkanes of at least 4 members (excludes halogenated alkanes) is 3. The van der Waals surface area contributed by atoms with Crippen molar-refractivity contribution >= 4 is 66.1 Å². The van der Waals surface area contributed by atoms with Crippen molar-refractivity contribution < 1.29 is 128 Å². The number of nitrogens with zero attached hydrogens (tertiary/aromatic N) is 2. The Kier molecular flexibility index (Phi) is 35.2. The minimum atomic E-state index is -1.54. The fourth-order valence-electron chi connectivity index (χ4n) is 9.79. The van der Waals surface area contributed by atoms with Crippen LogP contribution in [0, 0.1) is 18.3 Å². The fourth-order valence-corrected chi connectivity index (χ4v) is 9.79. The zero-order chi connectivity index (χ0) is 72.4. The molecule has 5 amide bonds. The second-order valence-corrected chi connectivity index (χ2v) is 24.4. The van der Waals surface area contributed by atoms with Crippen molar-refractivity contribution in [2.75, 3.05) is 113 Å². The molecule has 2 saturated heterocycles. The van der Waals surface area contributed by atoms with Crippen LogP contribution in [-0.4, -0.2) is 250 Å². The van der Waals surface area contributed by atoms with Crippen LogP contribution < -0.4 is 26.6 Å². The van der Waals surface area contributed by atoms with E-state index in [1.54, 1.807) is 53.4 Å². The van der Waals surface area contributed by atoms with Crippen molar-refractivity contribution in [3.63, 3.8) is 0 Å². The lowest BCUT2D eigenvalue weighted by molar-refractivity contribution is -0.172. The monoisotopic (exact) mass is 1400 g/mol. The van der Waals surface area contributed by atoms with Crippen LogP contribution >= 0.6 is 0 Å². The number of amidine groups is 1. The number of carbonyl (C=O) groups is 10. The standard InChI is InChI=1S/C64H97N7O27/c1-14-25-84-29-31-87-33-34-88-32-30-86-27-21-49(73)71(24-28-85-26-19-20-50(74)95-53(47-37-89-61(80)93-47)52-39(2)43(35-45(91-52)56(75)82-12)66-40(3)68-59(78)97-63(6,7)8)23-18-16-15-17-22-65-58(77)96-54(48-38-90-62(81)94-48)55-51(70-42(5)72)44(36-46(92-55)57(76)83-13)67-41(4)69-60(79)98-64(9,10)11/h1,35-36,39,43-44,47-48,51-55,67H,4,15-34,37-38H2,2-3,5-13H3,(H,65,77)(H,69,79)(H,70,72)(H,66,68,78)/t39-,43+,44+,47-,48-,51-,52-,53-,54-,55-/m1/s1. The van der Waals surface area contributed by atoms with E-state index in [2.05, 4.69) is 44.1 Å². The number of hydrogen-bond acceptors (Lipinski definition) is 29. The molecule has 550 valence electrons. The molecule has 4 aliphatic heterocycles. The highest BCUT2D eigenvalue weighted by molar-refractivity contribution is 5.94. The summed E-state index contributed by atoms with van der Waals surface area (Å²) in [6, 6.07) is -3.15. The summed E-state index contributed by atoms with van der Waals surface area (Å²) in [6.45, 7) is 20.5. The average molecular weight is 1400 g/mol. The molecular weight excluding hydrogens is 1300 g/mol. The van der Waals surface area contributed by atoms with Gasteiger partial charge in [0.1, 0.15) is 48.8 Å². The average Bonchev–Trinajstić information content (AvgIpc) is 1.18. The molecule has 98 heavy (non-hydrogen) atoms. The number of terminal acetylenes is 1. The Bertz CT molecular complexity index is 2810. The molecule has 4 aliphatic rings. The van der Waals surface area contributed by atoms with Gasteiger partial charge in [-0.2, -0.15) is 0 Å². The first-order chi connectivity index (χ1) is 46.5. The van der Waals surface area contributed by atoms with E-state index in [9.17, 15) is 47.9 Å². The highest BCUT2D eigenvalue weighted by atomic mass is 16.8. The van der Waals surface area contributed by atoms with Crippen LogP contribution in [0.25, 0.3) is 0 Å². The molecule has 0 aromatic heterocycles. The molecule has 0 spiro atoms. The van der Waals surface area contributed by atoms with Gasteiger partial charge in [-0.1, -0.05) is 32.3 Å². The molecule has 0 aromatic rings. The summed E-state index contributed by atoms with van der Waals surface area (Å²) >= 11 is 0. The smallest absolute Gasteiger partial charge is 0.479 e. The van der Waals surface area contributed by atoms with Crippen molar-refractivity contribution in [3.8, 4) is 12.3 Å². The van der Waals surface area contributed by atoms with E-state index in [4.69, 9.17) is 87.0 Å². The zero-order valence-corrected chi connectivity index (χ0v) is 57.7. The predicted octanol–water partition coefficient (Wildman–Crippen LogP) is 3.66. The molecular formula is C64H97N7O27. The zero-order valence-electron chi connectivity index (χ0n) is 57.7. The molecule has 0 radical (unpaired) electrons. The van der Waals surface area contributed by atoms with Crippen LogP contribution in [0.15, 0.2) is 41.1 Å². The lowest BCUT2D eigenvalue weighted by Crippen LogP contribution is -2.64. The Labute approximate surface area is 570 Å². The van der Waals surface area contributed by atoms with Crippen molar-refractivity contribution in [3.05, 3.63) is 36.1 Å². The number of esters is 3. The van der Waals surface area contributed by atoms with E-state index < -0.39 is 133 Å². The number of nitrogens with one attached hydrogen (secondary N) is 5. The first-order valence-electron chi connectivity index (χ1n) is 32.1. The van der Waals surface area contributed by atoms with Gasteiger partial charge in [0.25, 0.3) is 0 Å². The normalized spacial score (nSPS) is 21.1. The van der Waals surface area contributed by atoms with Gasteiger partial charge in [0.15, 0.2) is 30.5 Å². The van der Waals surface area contributed by atoms with Gasteiger partial charge in [-0.25, -0.2) is 33.6 Å². The summed E-state index contributed by atoms with van der Waals surface area (Å²) in [6.07, 6.45) is -2.58. The maximum absolute atomic E-state index is 13.7. The number of methoxy groups -OCH3 is 2. The van der Waals surface area contributed by atoms with Gasteiger partial charge in [-0.3, -0.25) is 30.0 Å². The Morgan fingerprint density at radius 1 is 0.643 bits per heavy atom. The van der Waals surface area contributed by atoms with Crippen molar-refractivity contribution in [1.29, 1.82) is 0 Å². The van der Waals surface area contributed by atoms with Crippen LogP contribution in [0.5, 0.6) is 0 Å². The van der Waals surface area contributed by atoms with Gasteiger partial charge in [0.05, 0.1) is 91.6 Å². The van der Waals surface area contributed by atoms with Gasteiger partial charge in [0.2, 0.25) is 23.3 Å². The minimum absolute atomic E-state index is 0.0414. The first-order valence-corrected chi connectivity index (χ1v) is 32.1. The van der Waals surface area contributed by atoms with E-state index >= 15 is 0 Å². The summed E-state index contributed by atoms with van der Waals surface area (Å²) in [5.41, 5.74) is -1.67. The van der Waals surface area contributed by atoms with Crippen LogP contribution in [0.1, 0.15) is 107 Å². The molecule has 0 unspecified atom stereocenters. The largest absolute Gasteiger partial charge is 0.508 e. The number of rotatable bonds is 40. The summed E-state index contributed by atoms with van der Waals surface area (Å²) < 4.78 is 93.0. The molecule has 0 bridgehead atoms. The van der Waals surface area contributed by atoms with Gasteiger partial charge in [0, 0.05) is 45.5 Å². The van der Waals surface area contributed by atoms with Crippen molar-refractivity contribution in [2.45, 2.75) is 173 Å². The Hall–Kier alpha value is -8.65. The molecule has 34 heteroatoms. The molecule has 5 N–H and O–H groups in total. The summed E-state index contributed by atoms with van der Waals surface area (Å²) in [5.74, 6) is -2.26. The van der Waals surface area contributed by atoms with E-state index in [-0.39, 0.29) is 108 Å². The maximum Gasteiger partial charge on any atom is 0.508 e.